The second-order valence-electron chi connectivity index (χ2n) is 8.89. The third-order valence-corrected chi connectivity index (χ3v) is 6.84. The van der Waals surface area contributed by atoms with Gasteiger partial charge in [-0.2, -0.15) is 0 Å². The number of methoxy groups -OCH3 is 1. The van der Waals surface area contributed by atoms with Crippen molar-refractivity contribution in [2.24, 2.45) is 7.05 Å². The molecule has 2 aromatic carbocycles. The van der Waals surface area contributed by atoms with Crippen LogP contribution in [0.5, 0.6) is 5.75 Å². The summed E-state index contributed by atoms with van der Waals surface area (Å²) in [4.78, 5) is 4.66. The minimum Gasteiger partial charge on any atom is -0.497 e. The molecule has 0 amide bonds. The van der Waals surface area contributed by atoms with Crippen LogP contribution in [0.2, 0.25) is 0 Å². The van der Waals surface area contributed by atoms with Gasteiger partial charge in [-0.3, -0.25) is 4.90 Å². The smallest absolute Gasteiger partial charge is 0.123 e. The van der Waals surface area contributed by atoms with E-state index in [-0.39, 0.29) is 23.9 Å². The second-order valence-corrected chi connectivity index (χ2v) is 8.89. The molecule has 1 atom stereocenters. The Morgan fingerprint density at radius 2 is 1.93 bits per heavy atom. The van der Waals surface area contributed by atoms with Crippen molar-refractivity contribution >= 4 is 10.9 Å². The lowest BCUT2D eigenvalue weighted by Crippen LogP contribution is -2.65. The zero-order chi connectivity index (χ0) is 21.0. The minimum atomic E-state index is -0.222. The SMILES string of the molecule is COc1ccc2c3c(n(C)c2c1)[C@H](CO)N(Cc1cccc(F)c1)CC31CN(C)C1. The first kappa shape index (κ1) is 19.5. The van der Waals surface area contributed by atoms with Gasteiger partial charge in [0.25, 0.3) is 0 Å². The number of aromatic nitrogens is 1. The fourth-order valence-electron chi connectivity index (χ4n) is 5.74. The van der Waals surface area contributed by atoms with Crippen LogP contribution in [0.4, 0.5) is 4.39 Å². The van der Waals surface area contributed by atoms with Crippen molar-refractivity contribution in [3.8, 4) is 5.75 Å². The molecule has 30 heavy (non-hydrogen) atoms. The van der Waals surface area contributed by atoms with Gasteiger partial charge >= 0.3 is 0 Å². The summed E-state index contributed by atoms with van der Waals surface area (Å²) in [6, 6.07) is 12.9. The number of aliphatic hydroxyl groups is 1. The number of ether oxygens (including phenoxy) is 1. The van der Waals surface area contributed by atoms with Gasteiger partial charge < -0.3 is 19.3 Å². The fraction of sp³-hybridized carbons (Fsp3) is 0.417. The van der Waals surface area contributed by atoms with Crippen LogP contribution in [0.1, 0.15) is 22.9 Å². The van der Waals surface area contributed by atoms with Crippen molar-refractivity contribution in [2.75, 3.05) is 40.4 Å². The molecule has 0 bridgehead atoms. The summed E-state index contributed by atoms with van der Waals surface area (Å²) < 4.78 is 21.5. The molecule has 0 aliphatic carbocycles. The monoisotopic (exact) mass is 409 g/mol. The lowest BCUT2D eigenvalue weighted by atomic mass is 9.69. The van der Waals surface area contributed by atoms with Crippen molar-refractivity contribution in [3.05, 3.63) is 65.1 Å². The molecule has 6 heteroatoms. The maximum Gasteiger partial charge on any atom is 0.123 e. The van der Waals surface area contributed by atoms with Gasteiger partial charge in [0.1, 0.15) is 11.6 Å². The van der Waals surface area contributed by atoms with Crippen LogP contribution in [-0.4, -0.2) is 59.9 Å². The molecule has 3 heterocycles. The molecule has 1 N–H and O–H groups in total. The van der Waals surface area contributed by atoms with Gasteiger partial charge in [0.05, 0.1) is 25.3 Å². The van der Waals surface area contributed by atoms with Crippen molar-refractivity contribution < 1.29 is 14.2 Å². The van der Waals surface area contributed by atoms with Crippen molar-refractivity contribution in [1.29, 1.82) is 0 Å². The number of rotatable bonds is 4. The van der Waals surface area contributed by atoms with Gasteiger partial charge in [0.2, 0.25) is 0 Å². The Bertz CT molecular complexity index is 1100. The van der Waals surface area contributed by atoms with Crippen LogP contribution in [0.25, 0.3) is 10.9 Å². The number of halogens is 1. The van der Waals surface area contributed by atoms with Crippen molar-refractivity contribution in [1.82, 2.24) is 14.4 Å². The highest BCUT2D eigenvalue weighted by Gasteiger charge is 2.52. The van der Waals surface area contributed by atoms with Gasteiger partial charge in [0, 0.05) is 55.8 Å². The van der Waals surface area contributed by atoms with Crippen molar-refractivity contribution in [2.45, 2.75) is 18.0 Å². The van der Waals surface area contributed by atoms with E-state index in [1.54, 1.807) is 19.2 Å². The molecule has 5 rings (SSSR count). The molecule has 0 saturated carbocycles. The predicted molar refractivity (Wildman–Crippen MR) is 115 cm³/mol. The number of likely N-dealkylation sites (tertiary alicyclic amines) is 1. The van der Waals surface area contributed by atoms with Crippen LogP contribution in [0.15, 0.2) is 42.5 Å². The summed E-state index contributed by atoms with van der Waals surface area (Å²) in [5.41, 5.74) is 4.59. The summed E-state index contributed by atoms with van der Waals surface area (Å²) in [6.07, 6.45) is 0. The zero-order valence-corrected chi connectivity index (χ0v) is 17.7. The third-order valence-electron chi connectivity index (χ3n) is 6.84. The molecule has 1 fully saturated rings. The molecule has 0 radical (unpaired) electrons. The Labute approximate surface area is 176 Å². The van der Waals surface area contributed by atoms with Gasteiger partial charge in [-0.15, -0.1) is 0 Å². The highest BCUT2D eigenvalue weighted by Crippen LogP contribution is 2.49. The summed E-state index contributed by atoms with van der Waals surface area (Å²) in [6.45, 7) is 3.43. The van der Waals surface area contributed by atoms with Gasteiger partial charge in [-0.1, -0.05) is 12.1 Å². The summed E-state index contributed by atoms with van der Waals surface area (Å²) in [5, 5.41) is 11.7. The van der Waals surface area contributed by atoms with E-state index in [1.165, 1.54) is 17.0 Å². The zero-order valence-electron chi connectivity index (χ0n) is 17.7. The average molecular weight is 410 g/mol. The molecule has 0 unspecified atom stereocenters. The number of aliphatic hydroxyl groups excluding tert-OH is 1. The molecule has 158 valence electrons. The van der Waals surface area contributed by atoms with Gasteiger partial charge in [0.15, 0.2) is 0 Å². The Hall–Kier alpha value is -2.41. The summed E-state index contributed by atoms with van der Waals surface area (Å²) in [5.74, 6) is 0.609. The van der Waals surface area contributed by atoms with E-state index in [1.807, 2.05) is 12.1 Å². The molecule has 5 nitrogen and oxygen atoms in total. The number of nitrogens with zero attached hydrogens (tertiary/aromatic N) is 3. The van der Waals surface area contributed by atoms with Gasteiger partial charge in [-0.25, -0.2) is 4.39 Å². The van der Waals surface area contributed by atoms with Crippen LogP contribution < -0.4 is 4.74 Å². The van der Waals surface area contributed by atoms with E-state index >= 15 is 0 Å². The number of likely N-dealkylation sites (N-methyl/N-ethyl adjacent to an activating group) is 1. The normalized spacial score (nSPS) is 21.0. The minimum absolute atomic E-state index is 0.0111. The molecule has 1 aromatic heterocycles. The fourth-order valence-corrected chi connectivity index (χ4v) is 5.74. The van der Waals surface area contributed by atoms with Crippen LogP contribution in [-0.2, 0) is 19.0 Å². The third kappa shape index (κ3) is 2.86. The first-order valence-electron chi connectivity index (χ1n) is 10.4. The van der Waals surface area contributed by atoms with E-state index < -0.39 is 0 Å². The molecular formula is C24H28FN3O2. The molecule has 1 saturated heterocycles. The lowest BCUT2D eigenvalue weighted by molar-refractivity contribution is 0.00289. The quantitative estimate of drug-likeness (QED) is 0.719. The van der Waals surface area contributed by atoms with E-state index in [2.05, 4.69) is 40.6 Å². The summed E-state index contributed by atoms with van der Waals surface area (Å²) >= 11 is 0. The molecule has 2 aliphatic heterocycles. The van der Waals surface area contributed by atoms with E-state index in [9.17, 15) is 9.50 Å². The number of aryl methyl sites for hydroxylation is 1. The molecule has 1 spiro atoms. The average Bonchev–Trinajstić information content (AvgIpc) is 3.00. The Kier molecular flexibility index (Phi) is 4.61. The van der Waals surface area contributed by atoms with Crippen LogP contribution in [0.3, 0.4) is 0 Å². The van der Waals surface area contributed by atoms with E-state index in [0.717, 1.165) is 42.2 Å². The molecule has 3 aromatic rings. The van der Waals surface area contributed by atoms with Crippen molar-refractivity contribution in [3.63, 3.8) is 0 Å². The number of benzene rings is 2. The highest BCUT2D eigenvalue weighted by atomic mass is 19.1. The maximum absolute atomic E-state index is 13.8. The molecule has 2 aliphatic rings. The highest BCUT2D eigenvalue weighted by molar-refractivity contribution is 5.89. The first-order chi connectivity index (χ1) is 14.5. The Balaban J connectivity index is 1.66. The Morgan fingerprint density at radius 1 is 1.13 bits per heavy atom. The number of hydrogen-bond donors (Lipinski definition) is 1. The standard InChI is InChI=1S/C24H28FN3O2/c1-26-13-24(14-26)15-28(11-16-5-4-6-17(25)9-16)21(12-29)23-22(24)19-8-7-18(30-3)10-20(19)27(23)2/h4-10,21,29H,11-15H2,1-3H3/t21-/m0/s1. The van der Waals surface area contributed by atoms with E-state index in [4.69, 9.17) is 4.74 Å². The van der Waals surface area contributed by atoms with Crippen LogP contribution >= 0.6 is 0 Å². The molecular weight excluding hydrogens is 381 g/mol. The largest absolute Gasteiger partial charge is 0.497 e. The second kappa shape index (κ2) is 7.08. The van der Waals surface area contributed by atoms with E-state index in [0.29, 0.717) is 6.54 Å². The van der Waals surface area contributed by atoms with Crippen LogP contribution in [0, 0.1) is 5.82 Å². The Morgan fingerprint density at radius 3 is 2.60 bits per heavy atom. The number of hydrogen-bond acceptors (Lipinski definition) is 4. The topological polar surface area (TPSA) is 40.9 Å². The first-order valence-corrected chi connectivity index (χ1v) is 10.4. The predicted octanol–water partition coefficient (Wildman–Crippen LogP) is 3.06. The maximum atomic E-state index is 13.8. The number of fused-ring (bicyclic) bond motifs is 4. The van der Waals surface area contributed by atoms with Gasteiger partial charge in [-0.05, 0) is 42.4 Å². The summed E-state index contributed by atoms with van der Waals surface area (Å²) in [7, 11) is 5.91. The lowest BCUT2D eigenvalue weighted by Gasteiger charge is -2.55.